The van der Waals surface area contributed by atoms with E-state index in [2.05, 4.69) is 20.9 Å². The molecule has 8 nitrogen and oxygen atoms in total. The minimum absolute atomic E-state index is 0.0151. The quantitative estimate of drug-likeness (QED) is 0.615. The van der Waals surface area contributed by atoms with Gasteiger partial charge >= 0.3 is 0 Å². The summed E-state index contributed by atoms with van der Waals surface area (Å²) >= 11 is 0. The summed E-state index contributed by atoms with van der Waals surface area (Å²) in [5.74, 6) is 0.0151. The maximum absolute atomic E-state index is 12.5. The van der Waals surface area contributed by atoms with Crippen molar-refractivity contribution in [3.8, 4) is 6.07 Å². The van der Waals surface area contributed by atoms with Gasteiger partial charge in [-0.05, 0) is 31.9 Å². The summed E-state index contributed by atoms with van der Waals surface area (Å²) in [6, 6.07) is 5.80. The van der Waals surface area contributed by atoms with Crippen LogP contribution in [0.5, 0.6) is 0 Å². The van der Waals surface area contributed by atoms with E-state index >= 15 is 0 Å². The number of pyridine rings is 2. The Labute approximate surface area is 178 Å². The average molecular weight is 433 g/mol. The largest absolute Gasteiger partial charge is 0.369 e. The molecule has 0 aromatic carbocycles. The maximum atomic E-state index is 12.5. The van der Waals surface area contributed by atoms with Crippen LogP contribution in [0.15, 0.2) is 24.5 Å². The summed E-state index contributed by atoms with van der Waals surface area (Å²) in [6.45, 7) is 8.52. The van der Waals surface area contributed by atoms with Crippen LogP contribution in [0.2, 0.25) is 0 Å². The lowest BCUT2D eigenvalue weighted by molar-refractivity contribution is -0.0362. The van der Waals surface area contributed by atoms with Crippen LogP contribution in [-0.2, 0) is 19.0 Å². The highest BCUT2D eigenvalue weighted by Gasteiger charge is 2.31. The SMILES string of the molecule is CC[C@H](C)C(C)S(=O)(=O)OC[C@H]1CN(c2cnc(C#N)c3ncccc23)C[C@@H](C)O1. The van der Waals surface area contributed by atoms with Crippen molar-refractivity contribution in [3.05, 3.63) is 30.2 Å². The van der Waals surface area contributed by atoms with E-state index in [1.165, 1.54) is 0 Å². The Kier molecular flexibility index (Phi) is 6.91. The van der Waals surface area contributed by atoms with E-state index in [1.807, 2.05) is 32.9 Å². The summed E-state index contributed by atoms with van der Waals surface area (Å²) in [4.78, 5) is 10.7. The molecule has 2 aromatic heterocycles. The van der Waals surface area contributed by atoms with Crippen molar-refractivity contribution in [2.24, 2.45) is 5.92 Å². The van der Waals surface area contributed by atoms with Crippen LogP contribution in [0, 0.1) is 17.2 Å². The van der Waals surface area contributed by atoms with Crippen LogP contribution in [0.25, 0.3) is 10.9 Å². The van der Waals surface area contributed by atoms with Crippen molar-refractivity contribution in [3.63, 3.8) is 0 Å². The molecule has 9 heteroatoms. The Bertz CT molecular complexity index is 1040. The topological polar surface area (TPSA) is 105 Å². The second-order valence-corrected chi connectivity index (χ2v) is 9.81. The lowest BCUT2D eigenvalue weighted by Crippen LogP contribution is -2.49. The average Bonchev–Trinajstić information content (AvgIpc) is 2.75. The molecule has 0 N–H and O–H groups in total. The number of morpholine rings is 1. The van der Waals surface area contributed by atoms with Crippen LogP contribution in [0.4, 0.5) is 5.69 Å². The second kappa shape index (κ2) is 9.25. The van der Waals surface area contributed by atoms with E-state index < -0.39 is 21.5 Å². The minimum atomic E-state index is -3.67. The van der Waals surface area contributed by atoms with Crippen LogP contribution in [0.1, 0.15) is 39.8 Å². The van der Waals surface area contributed by atoms with Crippen molar-refractivity contribution < 1.29 is 17.3 Å². The monoisotopic (exact) mass is 432 g/mol. The first-order valence-corrected chi connectivity index (χ1v) is 11.7. The van der Waals surface area contributed by atoms with Gasteiger partial charge in [0.15, 0.2) is 5.69 Å². The molecule has 3 heterocycles. The molecule has 0 saturated carbocycles. The summed E-state index contributed by atoms with van der Waals surface area (Å²) in [5.41, 5.74) is 1.67. The normalized spacial score (nSPS) is 21.9. The van der Waals surface area contributed by atoms with Crippen molar-refractivity contribution >= 4 is 26.7 Å². The van der Waals surface area contributed by atoms with E-state index in [0.29, 0.717) is 18.6 Å². The molecular weight excluding hydrogens is 404 g/mol. The molecule has 1 aliphatic heterocycles. The number of hydrogen-bond donors (Lipinski definition) is 0. The molecule has 1 saturated heterocycles. The molecule has 30 heavy (non-hydrogen) atoms. The summed E-state index contributed by atoms with van der Waals surface area (Å²) in [6.07, 6.45) is 3.54. The smallest absolute Gasteiger partial charge is 0.270 e. The van der Waals surface area contributed by atoms with Gasteiger partial charge < -0.3 is 9.64 Å². The Morgan fingerprint density at radius 1 is 1.37 bits per heavy atom. The predicted molar refractivity (Wildman–Crippen MR) is 115 cm³/mol. The molecule has 0 radical (unpaired) electrons. The molecule has 2 aromatic rings. The molecule has 162 valence electrons. The summed E-state index contributed by atoms with van der Waals surface area (Å²) in [5, 5.41) is 9.57. The number of hydrogen-bond acceptors (Lipinski definition) is 8. The standard InChI is InChI=1S/C21H28N4O4S/c1-5-14(2)16(4)30(26,27)28-13-17-12-25(11-15(3)29-17)20-10-24-19(9-22)21-18(20)7-6-8-23-21/h6-8,10,14-17H,5,11-13H2,1-4H3/t14-,15+,16?,17+/m0/s1. The van der Waals surface area contributed by atoms with E-state index in [9.17, 15) is 13.7 Å². The van der Waals surface area contributed by atoms with Gasteiger partial charge in [0.2, 0.25) is 0 Å². The molecule has 0 spiro atoms. The van der Waals surface area contributed by atoms with E-state index in [4.69, 9.17) is 8.92 Å². The highest BCUT2D eigenvalue weighted by atomic mass is 32.2. The molecule has 0 bridgehead atoms. The van der Waals surface area contributed by atoms with Gasteiger partial charge in [-0.3, -0.25) is 9.17 Å². The fourth-order valence-electron chi connectivity index (χ4n) is 3.62. The fraction of sp³-hybridized carbons (Fsp3) is 0.571. The van der Waals surface area contributed by atoms with E-state index in [-0.39, 0.29) is 24.3 Å². The van der Waals surface area contributed by atoms with Gasteiger partial charge in [0.05, 0.1) is 29.8 Å². The van der Waals surface area contributed by atoms with Gasteiger partial charge in [0.1, 0.15) is 17.7 Å². The molecule has 3 rings (SSSR count). The van der Waals surface area contributed by atoms with Gasteiger partial charge in [0, 0.05) is 24.7 Å². The Morgan fingerprint density at radius 2 is 2.13 bits per heavy atom. The van der Waals surface area contributed by atoms with Crippen molar-refractivity contribution in [1.82, 2.24) is 9.97 Å². The molecular formula is C21H28N4O4S. The first-order chi connectivity index (χ1) is 14.3. The Balaban J connectivity index is 1.79. The molecule has 4 atom stereocenters. The zero-order valence-electron chi connectivity index (χ0n) is 17.8. The highest BCUT2D eigenvalue weighted by Crippen LogP contribution is 2.29. The number of nitrogens with zero attached hydrogens (tertiary/aromatic N) is 4. The summed E-state index contributed by atoms with van der Waals surface area (Å²) in [7, 11) is -3.67. The second-order valence-electron chi connectivity index (χ2n) is 7.85. The lowest BCUT2D eigenvalue weighted by Gasteiger charge is -2.38. The van der Waals surface area contributed by atoms with Crippen molar-refractivity contribution in [2.45, 2.75) is 51.6 Å². The van der Waals surface area contributed by atoms with Gasteiger partial charge in [-0.1, -0.05) is 20.3 Å². The lowest BCUT2D eigenvalue weighted by atomic mass is 10.1. The third-order valence-electron chi connectivity index (χ3n) is 5.72. The first kappa shape index (κ1) is 22.4. The third kappa shape index (κ3) is 4.72. The zero-order valence-corrected chi connectivity index (χ0v) is 18.6. The van der Waals surface area contributed by atoms with Gasteiger partial charge in [-0.15, -0.1) is 0 Å². The number of nitriles is 1. The van der Waals surface area contributed by atoms with Crippen molar-refractivity contribution in [1.29, 1.82) is 5.26 Å². The molecule has 1 aliphatic rings. The van der Waals surface area contributed by atoms with Crippen LogP contribution in [0.3, 0.4) is 0 Å². The molecule has 0 aliphatic carbocycles. The fourth-order valence-corrected chi connectivity index (χ4v) is 4.94. The Hall–Kier alpha value is -2.28. The number of aromatic nitrogens is 2. The maximum Gasteiger partial charge on any atom is 0.270 e. The number of anilines is 1. The number of rotatable bonds is 7. The van der Waals surface area contributed by atoms with Crippen LogP contribution < -0.4 is 4.90 Å². The van der Waals surface area contributed by atoms with Gasteiger partial charge in [-0.2, -0.15) is 13.7 Å². The van der Waals surface area contributed by atoms with Crippen LogP contribution in [-0.4, -0.2) is 55.5 Å². The number of ether oxygens (including phenoxy) is 1. The van der Waals surface area contributed by atoms with Crippen LogP contribution >= 0.6 is 0 Å². The molecule has 1 unspecified atom stereocenters. The molecule has 0 amide bonds. The van der Waals surface area contributed by atoms with E-state index in [0.717, 1.165) is 17.5 Å². The third-order valence-corrected chi connectivity index (χ3v) is 7.56. The molecule has 1 fully saturated rings. The van der Waals surface area contributed by atoms with E-state index in [1.54, 1.807) is 19.3 Å². The zero-order chi connectivity index (χ0) is 21.9. The highest BCUT2D eigenvalue weighted by molar-refractivity contribution is 7.87. The summed E-state index contributed by atoms with van der Waals surface area (Å²) < 4.78 is 36.3. The first-order valence-electron chi connectivity index (χ1n) is 10.2. The minimum Gasteiger partial charge on any atom is -0.369 e. The van der Waals surface area contributed by atoms with Gasteiger partial charge in [0.25, 0.3) is 10.1 Å². The predicted octanol–water partition coefficient (Wildman–Crippen LogP) is 2.88. The van der Waals surface area contributed by atoms with Gasteiger partial charge in [-0.25, -0.2) is 4.98 Å². The Morgan fingerprint density at radius 3 is 2.83 bits per heavy atom. The van der Waals surface area contributed by atoms with Crippen molar-refractivity contribution in [2.75, 3.05) is 24.6 Å². The number of fused-ring (bicyclic) bond motifs is 1.